The Morgan fingerprint density at radius 1 is 0.868 bits per heavy atom. The number of hydrogen-bond donors (Lipinski definition) is 0. The third-order valence-corrected chi connectivity index (χ3v) is 8.54. The van der Waals surface area contributed by atoms with Crippen LogP contribution in [-0.4, -0.2) is 9.55 Å². The molecular weight excluding hydrogens is 466 g/mol. The van der Waals surface area contributed by atoms with E-state index < -0.39 is 0 Å². The standard InChI is InChI=1S/C34H40N3O/c1-21(2)25-15-12-16-26(22(3)4)32(25)37-28-18-11-10-17-27(28)36(6)34(37)30-23(5)19-20-29-31(30)35-33(38-29)24-13-8-7-9-14-24/h10-12,15-22,24H,7-9,13-14H2,1-6H3/q+1. The van der Waals surface area contributed by atoms with Gasteiger partial charge in [0.1, 0.15) is 11.2 Å². The highest BCUT2D eigenvalue weighted by Crippen LogP contribution is 2.41. The van der Waals surface area contributed by atoms with E-state index in [2.05, 4.69) is 105 Å². The normalized spacial score (nSPS) is 14.9. The molecule has 6 rings (SSSR count). The van der Waals surface area contributed by atoms with Crippen molar-refractivity contribution in [1.29, 1.82) is 0 Å². The summed E-state index contributed by atoms with van der Waals surface area (Å²) in [6.07, 6.45) is 6.21. The first-order valence-corrected chi connectivity index (χ1v) is 14.4. The van der Waals surface area contributed by atoms with Gasteiger partial charge in [0.25, 0.3) is 5.82 Å². The van der Waals surface area contributed by atoms with E-state index in [4.69, 9.17) is 9.40 Å². The summed E-state index contributed by atoms with van der Waals surface area (Å²) in [6, 6.07) is 19.9. The molecule has 0 aliphatic heterocycles. The molecule has 0 bridgehead atoms. The molecule has 3 aromatic carbocycles. The largest absolute Gasteiger partial charge is 0.440 e. The Morgan fingerprint density at radius 2 is 1.55 bits per heavy atom. The van der Waals surface area contributed by atoms with Gasteiger partial charge in [0, 0.05) is 17.0 Å². The molecule has 0 unspecified atom stereocenters. The Labute approximate surface area is 226 Å². The molecule has 0 N–H and O–H groups in total. The van der Waals surface area contributed by atoms with Gasteiger partial charge in [-0.25, -0.2) is 9.55 Å². The minimum atomic E-state index is 0.393. The zero-order chi connectivity index (χ0) is 26.6. The summed E-state index contributed by atoms with van der Waals surface area (Å²) >= 11 is 0. The van der Waals surface area contributed by atoms with Crippen LogP contribution in [0.3, 0.4) is 0 Å². The first-order chi connectivity index (χ1) is 18.4. The van der Waals surface area contributed by atoms with Gasteiger partial charge < -0.3 is 4.42 Å². The highest BCUT2D eigenvalue weighted by atomic mass is 16.3. The lowest BCUT2D eigenvalue weighted by molar-refractivity contribution is -0.633. The van der Waals surface area contributed by atoms with Crippen LogP contribution in [0.2, 0.25) is 0 Å². The van der Waals surface area contributed by atoms with Gasteiger partial charge in [-0.15, -0.1) is 0 Å². The fourth-order valence-electron chi connectivity index (χ4n) is 6.51. The molecule has 0 atom stereocenters. The first-order valence-electron chi connectivity index (χ1n) is 14.4. The smallest absolute Gasteiger partial charge is 0.297 e. The van der Waals surface area contributed by atoms with E-state index in [1.54, 1.807) is 0 Å². The second-order valence-electron chi connectivity index (χ2n) is 11.8. The summed E-state index contributed by atoms with van der Waals surface area (Å²) < 4.78 is 11.3. The van der Waals surface area contributed by atoms with Crippen LogP contribution in [0.15, 0.2) is 59.0 Å². The molecule has 2 aromatic heterocycles. The van der Waals surface area contributed by atoms with Gasteiger partial charge in [-0.2, -0.15) is 4.57 Å². The lowest BCUT2D eigenvalue weighted by Gasteiger charge is -2.18. The van der Waals surface area contributed by atoms with Crippen LogP contribution in [0, 0.1) is 6.92 Å². The van der Waals surface area contributed by atoms with Crippen molar-refractivity contribution < 1.29 is 8.98 Å². The Balaban J connectivity index is 1.72. The average Bonchev–Trinajstić information content (AvgIpc) is 3.48. The molecule has 1 saturated carbocycles. The van der Waals surface area contributed by atoms with Crippen molar-refractivity contribution in [2.75, 3.05) is 0 Å². The topological polar surface area (TPSA) is 34.8 Å². The van der Waals surface area contributed by atoms with Gasteiger partial charge in [0.05, 0.1) is 12.6 Å². The Hall–Kier alpha value is -3.40. The minimum absolute atomic E-state index is 0.393. The van der Waals surface area contributed by atoms with E-state index in [9.17, 15) is 0 Å². The minimum Gasteiger partial charge on any atom is -0.440 e. The van der Waals surface area contributed by atoms with E-state index >= 15 is 0 Å². The summed E-state index contributed by atoms with van der Waals surface area (Å²) in [5.41, 5.74) is 10.7. The monoisotopic (exact) mass is 506 g/mol. The summed E-state index contributed by atoms with van der Waals surface area (Å²) in [4.78, 5) is 5.24. The van der Waals surface area contributed by atoms with Gasteiger partial charge in [0.2, 0.25) is 0 Å². The van der Waals surface area contributed by atoms with Gasteiger partial charge in [-0.05, 0) is 55.4 Å². The fraction of sp³-hybridized carbons (Fsp3) is 0.412. The van der Waals surface area contributed by atoms with Crippen molar-refractivity contribution in [2.45, 2.75) is 84.5 Å². The lowest BCUT2D eigenvalue weighted by Crippen LogP contribution is -2.30. The summed E-state index contributed by atoms with van der Waals surface area (Å²) in [7, 11) is 2.20. The van der Waals surface area contributed by atoms with Gasteiger partial charge >= 0.3 is 0 Å². The number of rotatable bonds is 5. The predicted molar refractivity (Wildman–Crippen MR) is 156 cm³/mol. The van der Waals surface area contributed by atoms with Crippen LogP contribution in [0.5, 0.6) is 0 Å². The predicted octanol–water partition coefficient (Wildman–Crippen LogP) is 8.87. The number of aryl methyl sites for hydroxylation is 2. The highest BCUT2D eigenvalue weighted by molar-refractivity contribution is 5.93. The summed E-state index contributed by atoms with van der Waals surface area (Å²) in [5.74, 6) is 3.29. The fourth-order valence-corrected chi connectivity index (χ4v) is 6.51. The summed E-state index contributed by atoms with van der Waals surface area (Å²) in [5, 5.41) is 0. The van der Waals surface area contributed by atoms with Gasteiger partial charge in [-0.3, -0.25) is 0 Å². The van der Waals surface area contributed by atoms with Crippen LogP contribution in [0.25, 0.3) is 39.2 Å². The average molecular weight is 507 g/mol. The van der Waals surface area contributed by atoms with Crippen molar-refractivity contribution in [2.24, 2.45) is 7.05 Å². The van der Waals surface area contributed by atoms with E-state index in [-0.39, 0.29) is 0 Å². The quantitative estimate of drug-likeness (QED) is 0.223. The molecular formula is C34H40N3O+. The Bertz CT molecular complexity index is 1600. The molecule has 0 spiro atoms. The van der Waals surface area contributed by atoms with Crippen LogP contribution < -0.4 is 4.57 Å². The molecule has 1 fully saturated rings. The third-order valence-electron chi connectivity index (χ3n) is 8.54. The Kier molecular flexibility index (Phi) is 6.37. The Morgan fingerprint density at radius 3 is 2.24 bits per heavy atom. The van der Waals surface area contributed by atoms with E-state index in [1.165, 1.54) is 71.1 Å². The van der Waals surface area contributed by atoms with Crippen molar-refractivity contribution in [1.82, 2.24) is 9.55 Å². The van der Waals surface area contributed by atoms with Crippen molar-refractivity contribution in [3.05, 3.63) is 77.2 Å². The maximum Gasteiger partial charge on any atom is 0.297 e. The molecule has 196 valence electrons. The third kappa shape index (κ3) is 3.97. The zero-order valence-corrected chi connectivity index (χ0v) is 23.7. The number of benzene rings is 3. The molecule has 2 heterocycles. The van der Waals surface area contributed by atoms with Crippen LogP contribution >= 0.6 is 0 Å². The maximum absolute atomic E-state index is 6.48. The number of aromatic nitrogens is 3. The van der Waals surface area contributed by atoms with Gasteiger partial charge in [-0.1, -0.05) is 83.4 Å². The summed E-state index contributed by atoms with van der Waals surface area (Å²) in [6.45, 7) is 11.4. The van der Waals surface area contributed by atoms with Crippen molar-refractivity contribution in [3.8, 4) is 17.1 Å². The van der Waals surface area contributed by atoms with Crippen molar-refractivity contribution in [3.63, 3.8) is 0 Å². The van der Waals surface area contributed by atoms with Crippen molar-refractivity contribution >= 4 is 22.1 Å². The molecule has 0 amide bonds. The molecule has 38 heavy (non-hydrogen) atoms. The first kappa shape index (κ1) is 24.9. The highest BCUT2D eigenvalue weighted by Gasteiger charge is 2.33. The van der Waals surface area contributed by atoms with E-state index in [1.807, 2.05) is 0 Å². The molecule has 4 heteroatoms. The number of oxazole rings is 1. The number of imidazole rings is 1. The molecule has 1 aliphatic carbocycles. The molecule has 0 radical (unpaired) electrons. The number of fused-ring (bicyclic) bond motifs is 2. The number of hydrogen-bond acceptors (Lipinski definition) is 2. The van der Waals surface area contributed by atoms with Crippen LogP contribution in [0.4, 0.5) is 0 Å². The lowest BCUT2D eigenvalue weighted by atomic mass is 9.89. The molecule has 5 aromatic rings. The van der Waals surface area contributed by atoms with E-state index in [0.29, 0.717) is 17.8 Å². The van der Waals surface area contributed by atoms with Crippen LogP contribution in [-0.2, 0) is 7.05 Å². The second-order valence-corrected chi connectivity index (χ2v) is 11.8. The maximum atomic E-state index is 6.48. The van der Waals surface area contributed by atoms with Gasteiger partial charge in [0.15, 0.2) is 22.5 Å². The number of para-hydroxylation sites is 3. The zero-order valence-electron chi connectivity index (χ0n) is 23.7. The number of nitrogens with zero attached hydrogens (tertiary/aromatic N) is 3. The molecule has 1 aliphatic rings. The van der Waals surface area contributed by atoms with Crippen LogP contribution in [0.1, 0.15) is 100 Å². The second kappa shape index (κ2) is 9.72. The molecule has 0 saturated heterocycles. The molecule has 4 nitrogen and oxygen atoms in total. The van der Waals surface area contributed by atoms with E-state index in [0.717, 1.165) is 22.8 Å². The SMILES string of the molecule is Cc1ccc2oc(C3CCCCC3)nc2c1-c1n(-c2c(C(C)C)cccc2C(C)C)c2ccccc2[n+]1C.